The highest BCUT2D eigenvalue weighted by Gasteiger charge is 2.42. The Morgan fingerprint density at radius 3 is 1.37 bits per heavy atom. The van der Waals surface area contributed by atoms with Crippen LogP contribution in [0.5, 0.6) is 5.75 Å². The summed E-state index contributed by atoms with van der Waals surface area (Å²) in [7, 11) is 0.911. The van der Waals surface area contributed by atoms with Gasteiger partial charge in [0.05, 0.1) is 21.9 Å². The molecule has 0 spiro atoms. The maximum Gasteiger partial charge on any atom is 0.343 e. The van der Waals surface area contributed by atoms with Gasteiger partial charge in [0.2, 0.25) is 10.0 Å². The lowest BCUT2D eigenvalue weighted by Gasteiger charge is -2.06. The number of halogens is 2. The van der Waals surface area contributed by atoms with Gasteiger partial charge in [-0.2, -0.15) is 0 Å². The molecule has 10 nitrogen and oxygen atoms in total. The second-order valence-electron chi connectivity index (χ2n) is 2.98. The molecule has 0 aliphatic rings. The van der Waals surface area contributed by atoms with Gasteiger partial charge in [0, 0.05) is 0 Å². The third kappa shape index (κ3) is 2.35. The Balaban J connectivity index is 3.99. The molecule has 0 saturated heterocycles. The zero-order chi connectivity index (χ0) is 14.9. The summed E-state index contributed by atoms with van der Waals surface area (Å²) < 4.78 is 4.52. The van der Waals surface area contributed by atoms with E-state index >= 15 is 0 Å². The Bertz CT molecular complexity index is 562. The van der Waals surface area contributed by atoms with Crippen LogP contribution in [0.2, 0.25) is 10.0 Å². The van der Waals surface area contributed by atoms with Crippen molar-refractivity contribution in [3.05, 3.63) is 40.4 Å². The van der Waals surface area contributed by atoms with Crippen molar-refractivity contribution in [2.24, 2.45) is 0 Å². The minimum atomic E-state index is -1.15. The van der Waals surface area contributed by atoms with E-state index in [0.29, 0.717) is 0 Å². The van der Waals surface area contributed by atoms with Gasteiger partial charge in [0.15, 0.2) is 0 Å². The molecular weight excluding hydrogens is 309 g/mol. The van der Waals surface area contributed by atoms with Gasteiger partial charge in [-0.3, -0.25) is 30.3 Å². The molecule has 0 saturated carbocycles. The molecule has 1 aromatic carbocycles. The molecule has 0 aliphatic heterocycles. The van der Waals surface area contributed by atoms with Gasteiger partial charge >= 0.3 is 17.1 Å². The summed E-state index contributed by atoms with van der Waals surface area (Å²) in [6.45, 7) is 0. The zero-order valence-corrected chi connectivity index (χ0v) is 10.5. The molecule has 0 radical (unpaired) electrons. The molecule has 0 aliphatic carbocycles. The summed E-state index contributed by atoms with van der Waals surface area (Å²) in [4.78, 5) is 29.0. The molecular formula is C7H3Cl2N3O7. The lowest BCUT2D eigenvalue weighted by molar-refractivity contribution is -0.404. The number of rotatable bonds is 4. The van der Waals surface area contributed by atoms with Crippen molar-refractivity contribution in [2.75, 3.05) is 7.11 Å². The zero-order valence-electron chi connectivity index (χ0n) is 8.96. The highest BCUT2D eigenvalue weighted by Crippen LogP contribution is 2.52. The Hall–Kier alpha value is -2.20. The third-order valence-electron chi connectivity index (χ3n) is 2.01. The van der Waals surface area contributed by atoms with Crippen molar-refractivity contribution in [1.82, 2.24) is 0 Å². The Kier molecular flexibility index (Phi) is 4.07. The predicted molar refractivity (Wildman–Crippen MR) is 63.0 cm³/mol. The predicted octanol–water partition coefficient (Wildman–Crippen LogP) is 2.73. The standard InChI is InChI=1S/C7H3Cl2N3O7/c1-19-7-5(11(15)16)2(8)4(10(13)14)3(9)6(7)12(17)18/h1H3. The number of benzene rings is 1. The number of ether oxygens (including phenoxy) is 1. The molecule has 0 aromatic heterocycles. The first-order chi connectivity index (χ1) is 8.73. The highest BCUT2D eigenvalue weighted by molar-refractivity contribution is 6.41. The van der Waals surface area contributed by atoms with Crippen LogP contribution in [0.1, 0.15) is 0 Å². The average Bonchev–Trinajstić information content (AvgIpc) is 2.25. The Labute approximate surface area is 113 Å². The molecule has 0 fully saturated rings. The summed E-state index contributed by atoms with van der Waals surface area (Å²) in [6, 6.07) is 0. The van der Waals surface area contributed by atoms with Gasteiger partial charge in [0.25, 0.3) is 5.75 Å². The monoisotopic (exact) mass is 311 g/mol. The number of nitro benzene ring substituents is 3. The van der Waals surface area contributed by atoms with Crippen molar-refractivity contribution in [3.63, 3.8) is 0 Å². The first kappa shape index (κ1) is 14.9. The quantitative estimate of drug-likeness (QED) is 0.615. The maximum atomic E-state index is 10.8. The van der Waals surface area contributed by atoms with Crippen molar-refractivity contribution in [2.45, 2.75) is 0 Å². The van der Waals surface area contributed by atoms with Gasteiger partial charge in [-0.05, 0) is 0 Å². The van der Waals surface area contributed by atoms with Crippen LogP contribution in [0.3, 0.4) is 0 Å². The molecule has 12 heteroatoms. The summed E-state index contributed by atoms with van der Waals surface area (Å²) in [5.41, 5.74) is -3.30. The lowest BCUT2D eigenvalue weighted by atomic mass is 10.2. The third-order valence-corrected chi connectivity index (χ3v) is 2.73. The van der Waals surface area contributed by atoms with Crippen molar-refractivity contribution in [3.8, 4) is 5.75 Å². The molecule has 0 bridgehead atoms. The summed E-state index contributed by atoms with van der Waals surface area (Å²) in [6.07, 6.45) is 0. The average molecular weight is 312 g/mol. The molecule has 0 heterocycles. The maximum absolute atomic E-state index is 10.8. The van der Waals surface area contributed by atoms with Gasteiger partial charge in [-0.25, -0.2) is 0 Å². The van der Waals surface area contributed by atoms with Crippen LogP contribution in [0.25, 0.3) is 0 Å². The highest BCUT2D eigenvalue weighted by atomic mass is 35.5. The van der Waals surface area contributed by atoms with Crippen molar-refractivity contribution < 1.29 is 19.5 Å². The minimum Gasteiger partial charge on any atom is -0.485 e. The SMILES string of the molecule is COc1c([N+](=O)[O-])c(Cl)c([N+](=O)[O-])c(Cl)c1[N+](=O)[O-]. The number of hydrogen-bond acceptors (Lipinski definition) is 7. The van der Waals surface area contributed by atoms with E-state index in [4.69, 9.17) is 23.2 Å². The van der Waals surface area contributed by atoms with Gasteiger partial charge < -0.3 is 4.74 Å². The number of nitro groups is 3. The van der Waals surface area contributed by atoms with Crippen LogP contribution in [-0.2, 0) is 0 Å². The second kappa shape index (κ2) is 5.20. The first-order valence-electron chi connectivity index (χ1n) is 4.26. The van der Waals surface area contributed by atoms with Gasteiger partial charge in [-0.15, -0.1) is 0 Å². The van der Waals surface area contributed by atoms with E-state index in [0.717, 1.165) is 7.11 Å². The van der Waals surface area contributed by atoms with E-state index in [-0.39, 0.29) is 0 Å². The summed E-state index contributed by atoms with van der Waals surface area (Å²) >= 11 is 11.0. The Morgan fingerprint density at radius 1 is 0.842 bits per heavy atom. The molecule has 0 N–H and O–H groups in total. The topological polar surface area (TPSA) is 139 Å². The normalized spacial score (nSPS) is 10.1. The van der Waals surface area contributed by atoms with Crippen molar-refractivity contribution in [1.29, 1.82) is 0 Å². The van der Waals surface area contributed by atoms with E-state index in [1.54, 1.807) is 0 Å². The molecule has 0 unspecified atom stereocenters. The fourth-order valence-electron chi connectivity index (χ4n) is 1.31. The molecule has 0 amide bonds. The second-order valence-corrected chi connectivity index (χ2v) is 3.73. The molecule has 102 valence electrons. The lowest BCUT2D eigenvalue weighted by Crippen LogP contribution is -2.04. The molecule has 1 aromatic rings. The molecule has 0 atom stereocenters. The van der Waals surface area contributed by atoms with Crippen LogP contribution >= 0.6 is 23.2 Å². The van der Waals surface area contributed by atoms with Gasteiger partial charge in [0.1, 0.15) is 0 Å². The number of nitrogens with zero attached hydrogens (tertiary/aromatic N) is 3. The fourth-order valence-corrected chi connectivity index (χ4v) is 2.00. The largest absolute Gasteiger partial charge is 0.485 e. The number of hydrogen-bond donors (Lipinski definition) is 0. The van der Waals surface area contributed by atoms with Crippen LogP contribution in [-0.4, -0.2) is 21.9 Å². The summed E-state index contributed by atoms with van der Waals surface area (Å²) in [5.74, 6) is -0.851. The van der Waals surface area contributed by atoms with E-state index in [1.165, 1.54) is 0 Å². The minimum absolute atomic E-state index is 0.851. The van der Waals surface area contributed by atoms with Crippen LogP contribution < -0.4 is 4.74 Å². The van der Waals surface area contributed by atoms with Crippen LogP contribution in [0.15, 0.2) is 0 Å². The number of methoxy groups -OCH3 is 1. The first-order valence-corrected chi connectivity index (χ1v) is 5.01. The van der Waals surface area contributed by atoms with E-state index in [2.05, 4.69) is 4.74 Å². The molecule has 1 rings (SSSR count). The van der Waals surface area contributed by atoms with E-state index in [9.17, 15) is 30.3 Å². The van der Waals surface area contributed by atoms with E-state index in [1.807, 2.05) is 0 Å². The molecule has 19 heavy (non-hydrogen) atoms. The van der Waals surface area contributed by atoms with Crippen LogP contribution in [0, 0.1) is 30.3 Å². The summed E-state index contributed by atoms with van der Waals surface area (Å²) in [5, 5.41) is 30.5. The van der Waals surface area contributed by atoms with E-state index < -0.39 is 47.6 Å². The fraction of sp³-hybridized carbons (Fsp3) is 0.143. The van der Waals surface area contributed by atoms with Gasteiger partial charge in [-0.1, -0.05) is 23.2 Å². The smallest absolute Gasteiger partial charge is 0.343 e. The van der Waals surface area contributed by atoms with Crippen LogP contribution in [0.4, 0.5) is 17.1 Å². The van der Waals surface area contributed by atoms with Crippen molar-refractivity contribution >= 4 is 40.3 Å². The Morgan fingerprint density at radius 2 is 1.16 bits per heavy atom.